The molecule has 0 saturated carbocycles. The monoisotopic (exact) mass is 495 g/mol. The Labute approximate surface area is 204 Å². The van der Waals surface area contributed by atoms with Crippen molar-refractivity contribution < 1.29 is 13.2 Å². The number of aromatic nitrogens is 2. The van der Waals surface area contributed by atoms with Gasteiger partial charge in [-0.2, -0.15) is 0 Å². The van der Waals surface area contributed by atoms with Crippen LogP contribution in [0, 0.1) is 18.6 Å². The van der Waals surface area contributed by atoms with E-state index < -0.39 is 16.7 Å². The first-order valence-electron chi connectivity index (χ1n) is 10.8. The van der Waals surface area contributed by atoms with E-state index in [9.17, 15) is 8.78 Å². The quantitative estimate of drug-likeness (QED) is 0.184. The van der Waals surface area contributed by atoms with Crippen LogP contribution in [0.2, 0.25) is 5.02 Å². The Kier molecular flexibility index (Phi) is 6.30. The number of fused-ring (bicyclic) bond motifs is 1. The van der Waals surface area contributed by atoms with Gasteiger partial charge in [-0.05, 0) is 60.7 Å². The summed E-state index contributed by atoms with van der Waals surface area (Å²) in [6, 6.07) is 14.1. The van der Waals surface area contributed by atoms with Gasteiger partial charge in [-0.15, -0.1) is 11.3 Å². The number of thiophene rings is 1. The number of aryl methyl sites for hydroxylation is 2. The van der Waals surface area contributed by atoms with Gasteiger partial charge in [0.15, 0.2) is 5.82 Å². The third-order valence-electron chi connectivity index (χ3n) is 5.50. The first kappa shape index (κ1) is 22.5. The van der Waals surface area contributed by atoms with Gasteiger partial charge in [-0.25, -0.2) is 18.7 Å². The fraction of sp³-hybridized carbons (Fsp3) is 0.154. The molecule has 0 aliphatic rings. The molecule has 34 heavy (non-hydrogen) atoms. The zero-order valence-electron chi connectivity index (χ0n) is 18.2. The second kappa shape index (κ2) is 9.52. The van der Waals surface area contributed by atoms with E-state index in [1.54, 1.807) is 23.9 Å². The van der Waals surface area contributed by atoms with E-state index in [1.807, 2.05) is 30.3 Å². The Morgan fingerprint density at radius 1 is 0.971 bits per heavy atom. The van der Waals surface area contributed by atoms with Crippen LogP contribution in [0.3, 0.4) is 0 Å². The van der Waals surface area contributed by atoms with Gasteiger partial charge in [-0.1, -0.05) is 35.9 Å². The molecule has 0 saturated heterocycles. The molecule has 0 amide bonds. The minimum absolute atomic E-state index is 0.458. The smallest absolute Gasteiger partial charge is 0.166 e. The average Bonchev–Trinajstić information content (AvgIpc) is 3.49. The highest BCUT2D eigenvalue weighted by molar-refractivity contribution is 7.18. The maximum atomic E-state index is 13.8. The molecule has 0 spiro atoms. The lowest BCUT2D eigenvalue weighted by Crippen LogP contribution is -2.06. The largest absolute Gasteiger partial charge is 0.472 e. The zero-order valence-corrected chi connectivity index (χ0v) is 19.8. The van der Waals surface area contributed by atoms with E-state index in [1.165, 1.54) is 17.0 Å². The number of halogens is 3. The van der Waals surface area contributed by atoms with Crippen molar-refractivity contribution in [2.24, 2.45) is 0 Å². The number of benzene rings is 2. The lowest BCUT2D eigenvalue weighted by Gasteiger charge is -2.09. The summed E-state index contributed by atoms with van der Waals surface area (Å²) in [5.41, 5.74) is 3.18. The molecule has 0 aliphatic heterocycles. The fourth-order valence-electron chi connectivity index (χ4n) is 3.78. The van der Waals surface area contributed by atoms with Crippen LogP contribution in [0.25, 0.3) is 32.7 Å². The summed E-state index contributed by atoms with van der Waals surface area (Å²) in [6.07, 6.45) is 4.99. The Hall–Kier alpha value is -3.29. The topological polar surface area (TPSA) is 51.0 Å². The average molecular weight is 496 g/mol. The second-order valence-corrected chi connectivity index (χ2v) is 9.58. The summed E-state index contributed by atoms with van der Waals surface area (Å²) in [6.45, 7) is 2.80. The molecule has 0 radical (unpaired) electrons. The first-order chi connectivity index (χ1) is 16.5. The Morgan fingerprint density at radius 2 is 1.74 bits per heavy atom. The molecule has 5 rings (SSSR count). The van der Waals surface area contributed by atoms with Crippen LogP contribution in [0.5, 0.6) is 0 Å². The lowest BCUT2D eigenvalue weighted by molar-refractivity contribution is 0.568. The molecule has 5 aromatic rings. The van der Waals surface area contributed by atoms with Crippen molar-refractivity contribution in [3.8, 4) is 22.5 Å². The van der Waals surface area contributed by atoms with Crippen molar-refractivity contribution in [1.29, 1.82) is 0 Å². The molecule has 0 unspecified atom stereocenters. The molecule has 0 atom stereocenters. The molecule has 4 nitrogen and oxygen atoms in total. The number of nitrogens with zero attached hydrogens (tertiary/aromatic N) is 2. The Balaban J connectivity index is 1.25. The van der Waals surface area contributed by atoms with Gasteiger partial charge < -0.3 is 9.73 Å². The van der Waals surface area contributed by atoms with E-state index in [4.69, 9.17) is 21.0 Å². The van der Waals surface area contributed by atoms with Gasteiger partial charge >= 0.3 is 0 Å². The van der Waals surface area contributed by atoms with Crippen LogP contribution in [-0.2, 0) is 6.42 Å². The molecular weight excluding hydrogens is 476 g/mol. The summed E-state index contributed by atoms with van der Waals surface area (Å²) in [5, 5.41) is 3.99. The molecule has 0 aliphatic carbocycles. The molecular formula is C26H20ClF2N3OS. The van der Waals surface area contributed by atoms with Gasteiger partial charge in [-0.3, -0.25) is 0 Å². The zero-order chi connectivity index (χ0) is 23.7. The third kappa shape index (κ3) is 4.67. The summed E-state index contributed by atoms with van der Waals surface area (Å²) in [4.78, 5) is 11.5. The maximum Gasteiger partial charge on any atom is 0.166 e. The van der Waals surface area contributed by atoms with Crippen molar-refractivity contribution in [2.45, 2.75) is 19.8 Å². The maximum absolute atomic E-state index is 13.8. The SMILES string of the molecule is Cc1cc2c(NCCCc3ccc(-c4cc(F)c(Cl)c(F)c4)cc3)nc(-c3ccoc3)nc2s1. The molecule has 172 valence electrons. The van der Waals surface area contributed by atoms with Crippen molar-refractivity contribution in [1.82, 2.24) is 9.97 Å². The highest BCUT2D eigenvalue weighted by Gasteiger charge is 2.13. The number of rotatable bonds is 7. The van der Waals surface area contributed by atoms with Crippen LogP contribution < -0.4 is 5.32 Å². The van der Waals surface area contributed by atoms with Crippen molar-refractivity contribution in [3.05, 3.63) is 88.2 Å². The minimum Gasteiger partial charge on any atom is -0.472 e. The lowest BCUT2D eigenvalue weighted by atomic mass is 10.0. The van der Waals surface area contributed by atoms with Crippen LogP contribution in [-0.4, -0.2) is 16.5 Å². The summed E-state index contributed by atoms with van der Waals surface area (Å²) < 4.78 is 32.7. The van der Waals surface area contributed by atoms with Gasteiger partial charge in [0, 0.05) is 11.4 Å². The summed E-state index contributed by atoms with van der Waals surface area (Å²) in [5.74, 6) is -0.0752. The van der Waals surface area contributed by atoms with Crippen molar-refractivity contribution >= 4 is 39.0 Å². The molecule has 3 heterocycles. The predicted octanol–water partition coefficient (Wildman–Crippen LogP) is 7.90. The van der Waals surface area contributed by atoms with Gasteiger partial charge in [0.2, 0.25) is 0 Å². The fourth-order valence-corrected chi connectivity index (χ4v) is 4.77. The van der Waals surface area contributed by atoms with E-state index >= 15 is 0 Å². The van der Waals surface area contributed by atoms with Gasteiger partial charge in [0.1, 0.15) is 33.6 Å². The summed E-state index contributed by atoms with van der Waals surface area (Å²) in [7, 11) is 0. The number of hydrogen-bond donors (Lipinski definition) is 1. The molecule has 3 aromatic heterocycles. The molecule has 1 N–H and O–H groups in total. The van der Waals surface area contributed by atoms with Gasteiger partial charge in [0.05, 0.1) is 17.2 Å². The molecule has 8 heteroatoms. The molecule has 2 aromatic carbocycles. The Bertz CT molecular complexity index is 1430. The molecule has 0 bridgehead atoms. The van der Waals surface area contributed by atoms with E-state index in [0.29, 0.717) is 11.4 Å². The van der Waals surface area contributed by atoms with Crippen molar-refractivity contribution in [3.63, 3.8) is 0 Å². The number of anilines is 1. The second-order valence-electron chi connectivity index (χ2n) is 7.96. The van der Waals surface area contributed by atoms with Crippen LogP contribution in [0.15, 0.2) is 65.5 Å². The van der Waals surface area contributed by atoms with Crippen LogP contribution in [0.1, 0.15) is 16.9 Å². The molecule has 0 fully saturated rings. The standard InChI is InChI=1S/C26H20ClF2N3OS/c1-15-11-20-25(31-24(32-26(20)34-15)18-8-10-33-14-18)30-9-2-3-16-4-6-17(7-5-16)19-12-21(28)23(27)22(29)13-19/h4-8,10-14H,2-3,9H2,1H3,(H,30,31,32). The predicted molar refractivity (Wildman–Crippen MR) is 133 cm³/mol. The Morgan fingerprint density at radius 3 is 2.44 bits per heavy atom. The van der Waals surface area contributed by atoms with E-state index in [0.717, 1.165) is 52.1 Å². The minimum atomic E-state index is -0.762. The normalized spacial score (nSPS) is 11.3. The highest BCUT2D eigenvalue weighted by Crippen LogP contribution is 2.31. The number of hydrogen-bond acceptors (Lipinski definition) is 5. The van der Waals surface area contributed by atoms with Crippen molar-refractivity contribution in [2.75, 3.05) is 11.9 Å². The van der Waals surface area contributed by atoms with Gasteiger partial charge in [0.25, 0.3) is 0 Å². The van der Waals surface area contributed by atoms with E-state index in [2.05, 4.69) is 23.3 Å². The first-order valence-corrected chi connectivity index (χ1v) is 12.0. The van der Waals surface area contributed by atoms with E-state index in [-0.39, 0.29) is 0 Å². The number of nitrogens with one attached hydrogen (secondary N) is 1. The van der Waals surface area contributed by atoms with Crippen LogP contribution >= 0.6 is 22.9 Å². The van der Waals surface area contributed by atoms with Crippen LogP contribution in [0.4, 0.5) is 14.6 Å². The number of furan rings is 1. The third-order valence-corrected chi connectivity index (χ3v) is 6.81. The highest BCUT2D eigenvalue weighted by atomic mass is 35.5. The summed E-state index contributed by atoms with van der Waals surface area (Å²) >= 11 is 7.22.